The molecule has 1 saturated carbocycles. The van der Waals surface area contributed by atoms with Crippen molar-refractivity contribution in [2.45, 2.75) is 57.2 Å². The van der Waals surface area contributed by atoms with Gasteiger partial charge in [-0.15, -0.1) is 0 Å². The summed E-state index contributed by atoms with van der Waals surface area (Å²) < 4.78 is 0. The molecule has 1 aliphatic rings. The average Bonchev–Trinajstić information content (AvgIpc) is 2.94. The van der Waals surface area contributed by atoms with E-state index in [1.165, 1.54) is 0 Å². The van der Waals surface area contributed by atoms with E-state index >= 15 is 0 Å². The second-order valence-electron chi connectivity index (χ2n) is 7.39. The summed E-state index contributed by atoms with van der Waals surface area (Å²) in [7, 11) is 0. The van der Waals surface area contributed by atoms with Crippen molar-refractivity contribution in [3.63, 3.8) is 0 Å². The fraction of sp³-hybridized carbons (Fsp3) is 0.478. The molecule has 28 heavy (non-hydrogen) atoms. The summed E-state index contributed by atoms with van der Waals surface area (Å²) in [5, 5.41) is 29.0. The van der Waals surface area contributed by atoms with Crippen molar-refractivity contribution < 1.29 is 24.9 Å². The zero-order valence-electron chi connectivity index (χ0n) is 16.1. The van der Waals surface area contributed by atoms with Crippen LogP contribution >= 0.6 is 0 Å². The smallest absolute Gasteiger partial charge is 0.303 e. The Kier molecular flexibility index (Phi) is 9.11. The van der Waals surface area contributed by atoms with Crippen LogP contribution in [0.3, 0.4) is 0 Å². The van der Waals surface area contributed by atoms with Gasteiger partial charge in [-0.3, -0.25) is 9.59 Å². The molecule has 4 atom stereocenters. The van der Waals surface area contributed by atoms with Crippen molar-refractivity contribution >= 4 is 11.8 Å². The minimum atomic E-state index is -0.807. The number of aliphatic hydroxyl groups is 2. The molecule has 0 aromatic heterocycles. The van der Waals surface area contributed by atoms with Gasteiger partial charge in [0, 0.05) is 24.7 Å². The maximum Gasteiger partial charge on any atom is 0.303 e. The molecule has 0 radical (unpaired) electrons. The van der Waals surface area contributed by atoms with Gasteiger partial charge >= 0.3 is 5.97 Å². The highest BCUT2D eigenvalue weighted by atomic mass is 16.4. The van der Waals surface area contributed by atoms with E-state index in [4.69, 9.17) is 5.11 Å². The van der Waals surface area contributed by atoms with Crippen LogP contribution < -0.4 is 0 Å². The summed E-state index contributed by atoms with van der Waals surface area (Å²) in [6.45, 7) is 0. The molecule has 2 rings (SSSR count). The Balaban J connectivity index is 1.82. The van der Waals surface area contributed by atoms with Crippen LogP contribution in [-0.4, -0.2) is 39.3 Å². The zero-order valence-corrected chi connectivity index (χ0v) is 16.1. The second-order valence-corrected chi connectivity index (χ2v) is 7.39. The lowest BCUT2D eigenvalue weighted by molar-refractivity contribution is -0.137. The molecule has 0 saturated heterocycles. The second kappa shape index (κ2) is 11.6. The highest BCUT2D eigenvalue weighted by molar-refractivity contribution is 5.84. The molecule has 0 heterocycles. The van der Waals surface area contributed by atoms with Crippen LogP contribution in [0.2, 0.25) is 0 Å². The van der Waals surface area contributed by atoms with E-state index in [0.717, 1.165) is 12.0 Å². The highest BCUT2D eigenvalue weighted by Crippen LogP contribution is 2.33. The summed E-state index contributed by atoms with van der Waals surface area (Å²) in [4.78, 5) is 22.7. The van der Waals surface area contributed by atoms with Gasteiger partial charge < -0.3 is 15.3 Å². The Bertz CT molecular complexity index is 679. The third-order valence-corrected chi connectivity index (χ3v) is 5.18. The number of unbranched alkanes of at least 4 members (excludes halogenated alkanes) is 1. The van der Waals surface area contributed by atoms with E-state index in [-0.39, 0.29) is 30.5 Å². The van der Waals surface area contributed by atoms with Crippen molar-refractivity contribution in [2.75, 3.05) is 0 Å². The first-order chi connectivity index (χ1) is 13.5. The Morgan fingerprint density at radius 2 is 1.96 bits per heavy atom. The molecule has 5 heteroatoms. The van der Waals surface area contributed by atoms with E-state index < -0.39 is 18.2 Å². The van der Waals surface area contributed by atoms with Crippen molar-refractivity contribution in [3.8, 4) is 0 Å². The summed E-state index contributed by atoms with van der Waals surface area (Å²) in [5.74, 6) is -1.35. The monoisotopic (exact) mass is 386 g/mol. The van der Waals surface area contributed by atoms with Gasteiger partial charge in [-0.2, -0.15) is 0 Å². The van der Waals surface area contributed by atoms with Gasteiger partial charge in [0.2, 0.25) is 0 Å². The number of Topliss-reactive ketones (excluding diaryl/α,β-unsaturated/α-hetero) is 1. The predicted molar refractivity (Wildman–Crippen MR) is 108 cm³/mol. The van der Waals surface area contributed by atoms with Gasteiger partial charge in [0.1, 0.15) is 5.78 Å². The van der Waals surface area contributed by atoms with Gasteiger partial charge in [0.25, 0.3) is 0 Å². The van der Waals surface area contributed by atoms with Crippen LogP contribution in [0.25, 0.3) is 0 Å². The van der Waals surface area contributed by atoms with Gasteiger partial charge in [-0.05, 0) is 37.7 Å². The summed E-state index contributed by atoms with van der Waals surface area (Å²) >= 11 is 0. The standard InChI is InChI=1S/C23H30O5/c24-18(13-12-17-8-4-3-5-9-17)14-15-20-19(21(25)16-22(20)26)10-6-1-2-7-11-23(27)28/h1,3-6,8-9,14-15,18-20,22,24,26H,2,7,10-13,16H2,(H,27,28)/b6-1?,15-14+/t18-,19+,20+,22+/m0/s1. The number of aliphatic hydroxyl groups excluding tert-OH is 2. The summed E-state index contributed by atoms with van der Waals surface area (Å²) in [6, 6.07) is 9.94. The molecule has 152 valence electrons. The molecule has 0 aliphatic heterocycles. The van der Waals surface area contributed by atoms with Crippen LogP contribution in [0.4, 0.5) is 0 Å². The van der Waals surface area contributed by atoms with Crippen molar-refractivity contribution in [1.82, 2.24) is 0 Å². The number of aliphatic carboxylic acids is 1. The Hall–Kier alpha value is -2.24. The molecule has 1 aromatic carbocycles. The van der Waals surface area contributed by atoms with E-state index in [1.54, 1.807) is 12.2 Å². The summed E-state index contributed by atoms with van der Waals surface area (Å²) in [6.07, 6.45) is 9.34. The van der Waals surface area contributed by atoms with Crippen molar-refractivity contribution in [1.29, 1.82) is 0 Å². The number of benzene rings is 1. The van der Waals surface area contributed by atoms with E-state index in [9.17, 15) is 19.8 Å². The fourth-order valence-electron chi connectivity index (χ4n) is 3.57. The third-order valence-electron chi connectivity index (χ3n) is 5.18. The molecular formula is C23H30O5. The van der Waals surface area contributed by atoms with Crippen LogP contribution in [0.15, 0.2) is 54.6 Å². The van der Waals surface area contributed by atoms with Crippen LogP contribution in [0.1, 0.15) is 44.1 Å². The average molecular weight is 386 g/mol. The first kappa shape index (κ1) is 22.1. The van der Waals surface area contributed by atoms with Crippen molar-refractivity contribution in [3.05, 3.63) is 60.2 Å². The first-order valence-corrected chi connectivity index (χ1v) is 9.95. The third kappa shape index (κ3) is 7.41. The number of ketones is 1. The van der Waals surface area contributed by atoms with Gasteiger partial charge in [0.05, 0.1) is 12.2 Å². The minimum Gasteiger partial charge on any atom is -0.481 e. The lowest BCUT2D eigenvalue weighted by Gasteiger charge is -2.16. The van der Waals surface area contributed by atoms with Crippen LogP contribution in [-0.2, 0) is 16.0 Å². The number of carbonyl (C=O) groups excluding carboxylic acids is 1. The maximum absolute atomic E-state index is 12.2. The van der Waals surface area contributed by atoms with Crippen LogP contribution in [0.5, 0.6) is 0 Å². The number of carbonyl (C=O) groups is 2. The molecule has 5 nitrogen and oxygen atoms in total. The number of carboxylic acids is 1. The molecular weight excluding hydrogens is 356 g/mol. The normalized spacial score (nSPS) is 23.6. The maximum atomic E-state index is 12.2. The van der Waals surface area contributed by atoms with Crippen molar-refractivity contribution in [2.24, 2.45) is 11.8 Å². The molecule has 0 unspecified atom stereocenters. The Labute approximate surface area is 166 Å². The molecule has 1 aromatic rings. The predicted octanol–water partition coefficient (Wildman–Crippen LogP) is 3.30. The lowest BCUT2D eigenvalue weighted by atomic mass is 9.90. The molecule has 0 spiro atoms. The Morgan fingerprint density at radius 1 is 1.21 bits per heavy atom. The topological polar surface area (TPSA) is 94.8 Å². The lowest BCUT2D eigenvalue weighted by Crippen LogP contribution is -2.19. The first-order valence-electron chi connectivity index (χ1n) is 9.95. The Morgan fingerprint density at radius 3 is 2.68 bits per heavy atom. The highest BCUT2D eigenvalue weighted by Gasteiger charge is 2.39. The van der Waals surface area contributed by atoms with Crippen LogP contribution in [0, 0.1) is 11.8 Å². The minimum absolute atomic E-state index is 0.0381. The number of allylic oxidation sites excluding steroid dienone is 2. The molecule has 0 bridgehead atoms. The number of carboxylic acid groups (broad SMARTS) is 1. The summed E-state index contributed by atoms with van der Waals surface area (Å²) in [5.41, 5.74) is 1.16. The largest absolute Gasteiger partial charge is 0.481 e. The fourth-order valence-corrected chi connectivity index (χ4v) is 3.57. The SMILES string of the molecule is O=C(O)CCCC=CC[C@H]1C(=O)C[C@@H](O)[C@@H]1/C=C/[C@@H](O)CCc1ccccc1. The number of hydrogen-bond acceptors (Lipinski definition) is 4. The van der Waals surface area contributed by atoms with Gasteiger partial charge in [0.15, 0.2) is 0 Å². The molecule has 1 aliphatic carbocycles. The molecule has 3 N–H and O–H groups in total. The number of hydrogen-bond donors (Lipinski definition) is 3. The zero-order chi connectivity index (χ0) is 20.4. The number of aryl methyl sites for hydroxylation is 1. The van der Waals surface area contributed by atoms with Gasteiger partial charge in [-0.25, -0.2) is 0 Å². The number of rotatable bonds is 11. The molecule has 0 amide bonds. The van der Waals surface area contributed by atoms with E-state index in [0.29, 0.717) is 25.7 Å². The van der Waals surface area contributed by atoms with E-state index in [2.05, 4.69) is 0 Å². The van der Waals surface area contributed by atoms with E-state index in [1.807, 2.05) is 42.5 Å². The van der Waals surface area contributed by atoms with Gasteiger partial charge in [-0.1, -0.05) is 54.6 Å². The molecule has 1 fully saturated rings. The quantitative estimate of drug-likeness (QED) is 0.401.